The average molecular weight is 791 g/mol. The van der Waals surface area contributed by atoms with Crippen LogP contribution in [-0.2, 0) is 18.9 Å². The molecule has 4 aliphatic heterocycles. The van der Waals surface area contributed by atoms with E-state index in [0.29, 0.717) is 0 Å². The van der Waals surface area contributed by atoms with Gasteiger partial charge in [0.25, 0.3) is 0 Å². The summed E-state index contributed by atoms with van der Waals surface area (Å²) < 4.78 is 39.4. The molecule has 2 aromatic carbocycles. The van der Waals surface area contributed by atoms with Gasteiger partial charge in [-0.3, -0.25) is 0 Å². The topological polar surface area (TPSA) is 368 Å². The Balaban J connectivity index is 1.37. The predicted molar refractivity (Wildman–Crippen MR) is 173 cm³/mol. The van der Waals surface area contributed by atoms with Crippen LogP contribution in [0.25, 0.3) is 6.08 Å². The summed E-state index contributed by atoms with van der Waals surface area (Å²) >= 11 is 0. The fourth-order valence-corrected chi connectivity index (χ4v) is 6.37. The monoisotopic (exact) mass is 790 g/mol. The van der Waals surface area contributed by atoms with Crippen LogP contribution in [0, 0.1) is 0 Å². The molecule has 15 N–H and O–H groups in total. The van der Waals surface area contributed by atoms with Gasteiger partial charge >= 0.3 is 0 Å². The Bertz CT molecular complexity index is 1680. The highest BCUT2D eigenvalue weighted by atomic mass is 16.7. The molecule has 1 unspecified atom stereocenters. The van der Waals surface area contributed by atoms with Crippen LogP contribution in [0.15, 0.2) is 30.0 Å². The van der Waals surface area contributed by atoms with Crippen LogP contribution in [-0.4, -0.2) is 189 Å². The lowest BCUT2D eigenvalue weighted by molar-refractivity contribution is -0.293. The number of phenols is 3. The number of phenolic OH excluding ortho intramolecular Hbond substituents is 3. The van der Waals surface area contributed by atoms with Gasteiger partial charge in [-0.1, -0.05) is 0 Å². The van der Waals surface area contributed by atoms with Crippen LogP contribution in [0.4, 0.5) is 0 Å². The first kappa shape index (κ1) is 40.8. The fourth-order valence-electron chi connectivity index (χ4n) is 6.37. The molecule has 22 heteroatoms. The van der Waals surface area contributed by atoms with Gasteiger partial charge in [-0.05, 0) is 18.2 Å². The summed E-state index contributed by atoms with van der Waals surface area (Å²) in [5.74, 6) is -3.72. The molecule has 16 atom stereocenters. The molecule has 4 heterocycles. The van der Waals surface area contributed by atoms with E-state index in [1.165, 1.54) is 12.1 Å². The zero-order valence-electron chi connectivity index (χ0n) is 28.3. The molecule has 55 heavy (non-hydrogen) atoms. The molecule has 0 spiro atoms. The number of aromatic hydroxyl groups is 3. The number of ether oxygens (including phenoxy) is 7. The van der Waals surface area contributed by atoms with Gasteiger partial charge in [-0.15, -0.1) is 0 Å². The lowest BCUT2D eigenvalue weighted by Crippen LogP contribution is -2.60. The first-order chi connectivity index (χ1) is 26.1. The van der Waals surface area contributed by atoms with E-state index in [0.717, 1.165) is 18.2 Å². The van der Waals surface area contributed by atoms with E-state index in [-0.39, 0.29) is 28.4 Å². The molecule has 0 radical (unpaired) electrons. The van der Waals surface area contributed by atoms with Gasteiger partial charge in [0.05, 0.1) is 25.4 Å². The van der Waals surface area contributed by atoms with Crippen molar-refractivity contribution in [3.8, 4) is 34.5 Å². The first-order valence-electron chi connectivity index (χ1n) is 16.8. The number of rotatable bonds is 10. The minimum atomic E-state index is -1.93. The molecular weight excluding hydrogens is 748 g/mol. The Morgan fingerprint density at radius 2 is 0.982 bits per heavy atom. The second-order valence-corrected chi connectivity index (χ2v) is 13.2. The Morgan fingerprint density at radius 3 is 1.47 bits per heavy atom. The van der Waals surface area contributed by atoms with Gasteiger partial charge in [-0.25, -0.2) is 0 Å². The van der Waals surface area contributed by atoms with Crippen molar-refractivity contribution in [1.82, 2.24) is 0 Å². The van der Waals surface area contributed by atoms with Crippen molar-refractivity contribution in [3.63, 3.8) is 0 Å². The molecule has 2 aromatic rings. The molecule has 22 nitrogen and oxygen atoms in total. The molecule has 3 saturated heterocycles. The van der Waals surface area contributed by atoms with Gasteiger partial charge in [0, 0.05) is 17.7 Å². The fraction of sp³-hybridized carbons (Fsp3) is 0.576. The molecule has 4 aliphatic rings. The normalized spacial score (nSPS) is 39.0. The Labute approximate surface area is 309 Å². The van der Waals surface area contributed by atoms with Crippen LogP contribution >= 0.6 is 0 Å². The molecule has 0 bridgehead atoms. The van der Waals surface area contributed by atoms with Crippen LogP contribution in [0.1, 0.15) is 17.2 Å². The largest absolute Gasteiger partial charge is 0.507 e. The average Bonchev–Trinajstić information content (AvgIpc) is 3.16. The Hall–Kier alpha value is -3.82. The third-order valence-electron chi connectivity index (χ3n) is 9.56. The Kier molecular flexibility index (Phi) is 12.1. The summed E-state index contributed by atoms with van der Waals surface area (Å²) in [6, 6.07) is 4.22. The zero-order chi connectivity index (χ0) is 40.0. The van der Waals surface area contributed by atoms with Crippen molar-refractivity contribution in [2.24, 2.45) is 0 Å². The number of aliphatic hydroxyl groups excluding tert-OH is 12. The molecular formula is C33H42O22. The summed E-state index contributed by atoms with van der Waals surface area (Å²) in [7, 11) is 0. The highest BCUT2D eigenvalue weighted by Gasteiger charge is 2.48. The molecule has 0 aliphatic carbocycles. The molecule has 0 saturated carbocycles. The predicted octanol–water partition coefficient (Wildman–Crippen LogP) is -5.55. The van der Waals surface area contributed by atoms with Crippen molar-refractivity contribution in [1.29, 1.82) is 0 Å². The van der Waals surface area contributed by atoms with Crippen molar-refractivity contribution >= 4 is 6.08 Å². The zero-order valence-corrected chi connectivity index (χ0v) is 28.3. The number of aliphatic hydroxyl groups is 12. The van der Waals surface area contributed by atoms with Crippen LogP contribution in [0.2, 0.25) is 0 Å². The smallest absolute Gasteiger partial charge is 0.229 e. The van der Waals surface area contributed by atoms with Crippen molar-refractivity contribution < 1.29 is 110 Å². The third kappa shape index (κ3) is 7.80. The second kappa shape index (κ2) is 16.3. The molecule has 306 valence electrons. The maximum Gasteiger partial charge on any atom is 0.229 e. The summed E-state index contributed by atoms with van der Waals surface area (Å²) in [6.45, 7) is -2.38. The quantitative estimate of drug-likeness (QED) is 0.0998. The van der Waals surface area contributed by atoms with Crippen molar-refractivity contribution in [2.45, 2.75) is 98.2 Å². The molecule has 6 rings (SSSR count). The van der Waals surface area contributed by atoms with E-state index in [4.69, 9.17) is 33.2 Å². The van der Waals surface area contributed by atoms with Crippen molar-refractivity contribution in [3.05, 3.63) is 41.2 Å². The molecule has 3 fully saturated rings. The molecule has 0 aromatic heterocycles. The molecule has 0 amide bonds. The van der Waals surface area contributed by atoms with E-state index >= 15 is 0 Å². The maximum absolute atomic E-state index is 11.1. The SMILES string of the molecule is OC[C@@H]1O[C@@H](Oc2cc(C3Oc4cc(O[C@@H]5O[C@@H](CO)[C@@H](O)[C@H](O)[C@H]5O)cc(O)c4C=C3O[C@@H]3O[C@H](CO)[C@@H](O)[C@H](O)[C@H]3O)cc(O)c2O)[C@@H](O)[C@@H](O)[C@@H]1O. The summed E-state index contributed by atoms with van der Waals surface area (Å²) in [6.07, 6.45) is -26.3. The maximum atomic E-state index is 11.1. The van der Waals surface area contributed by atoms with Gasteiger partial charge in [-0.2, -0.15) is 0 Å². The first-order valence-corrected chi connectivity index (χ1v) is 16.8. The highest BCUT2D eigenvalue weighted by Crippen LogP contribution is 2.48. The van der Waals surface area contributed by atoms with E-state index in [1.54, 1.807) is 0 Å². The van der Waals surface area contributed by atoms with Crippen LogP contribution in [0.5, 0.6) is 34.5 Å². The lowest BCUT2D eigenvalue weighted by atomic mass is 9.98. The van der Waals surface area contributed by atoms with Gasteiger partial charge < -0.3 is 110 Å². The minimum Gasteiger partial charge on any atom is -0.507 e. The van der Waals surface area contributed by atoms with E-state index in [9.17, 15) is 76.6 Å². The number of hydrogen-bond acceptors (Lipinski definition) is 22. The van der Waals surface area contributed by atoms with Gasteiger partial charge in [0.2, 0.25) is 24.6 Å². The highest BCUT2D eigenvalue weighted by molar-refractivity contribution is 5.70. The summed E-state index contributed by atoms with van der Waals surface area (Å²) in [5.41, 5.74) is -0.256. The van der Waals surface area contributed by atoms with Crippen LogP contribution < -0.4 is 14.2 Å². The van der Waals surface area contributed by atoms with E-state index in [1.807, 2.05) is 0 Å². The summed E-state index contributed by atoms with van der Waals surface area (Å²) in [4.78, 5) is 0. The number of fused-ring (bicyclic) bond motifs is 1. The Morgan fingerprint density at radius 1 is 0.509 bits per heavy atom. The minimum absolute atomic E-state index is 0.113. The second-order valence-electron chi connectivity index (χ2n) is 13.2. The van der Waals surface area contributed by atoms with E-state index < -0.39 is 141 Å². The number of hydrogen-bond donors (Lipinski definition) is 15. The van der Waals surface area contributed by atoms with Gasteiger partial charge in [0.1, 0.15) is 96.3 Å². The summed E-state index contributed by atoms with van der Waals surface area (Å²) in [5, 5.41) is 154. The van der Waals surface area contributed by atoms with Crippen molar-refractivity contribution in [2.75, 3.05) is 19.8 Å². The standard InChI is InChI=1S/C33H42O22/c34-6-17-21(40)24(43)27(46)31(53-17)49-10-3-12(37)11-5-16(52-33-29(48)26(45)23(42)19(8-36)55-33)30(50-14(11)4-10)9-1-13(38)20(39)15(2-9)51-32-28(47)25(44)22(41)18(7-35)54-32/h1-5,17-19,21-48H,6-8H2/t17-,18-,19+,21+,22+,23+,24-,25-,26-,27+,28-,29+,30?,31+,32+,33+/m0/s1. The number of benzene rings is 2. The third-order valence-corrected chi connectivity index (χ3v) is 9.56. The van der Waals surface area contributed by atoms with E-state index in [2.05, 4.69) is 0 Å². The van der Waals surface area contributed by atoms with Gasteiger partial charge in [0.15, 0.2) is 17.6 Å². The lowest BCUT2D eigenvalue weighted by Gasteiger charge is -2.41. The van der Waals surface area contributed by atoms with Crippen LogP contribution in [0.3, 0.4) is 0 Å².